The average molecular weight is 112 g/mol. The molecule has 1 rings (SSSR count). The van der Waals surface area contributed by atoms with E-state index in [1.165, 1.54) is 0 Å². The van der Waals surface area contributed by atoms with Crippen LogP contribution in [0.5, 0.6) is 0 Å². The van der Waals surface area contributed by atoms with Crippen LogP contribution in [0.2, 0.25) is 0 Å². The van der Waals surface area contributed by atoms with Crippen LogP contribution < -0.4 is 0 Å². The Bertz CT molecular complexity index is 80.4. The Hall–Kier alpha value is -0.170. The van der Waals surface area contributed by atoms with Crippen LogP contribution in [-0.2, 0) is 0 Å². The van der Waals surface area contributed by atoms with Crippen molar-refractivity contribution >= 4 is 11.8 Å². The molecule has 0 aliphatic carbocycles. The van der Waals surface area contributed by atoms with Crippen LogP contribution in [0.25, 0.3) is 0 Å². The van der Waals surface area contributed by atoms with Gasteiger partial charge in [-0.2, -0.15) is 0 Å². The maximum atomic E-state index is 2.20. The molecular weight excluding hydrogens is 104 g/mol. The first kappa shape index (κ1) is 4.98. The first-order valence-corrected chi connectivity index (χ1v) is 3.46. The minimum atomic E-state index is 1.12. The molecule has 1 aliphatic heterocycles. The van der Waals surface area contributed by atoms with Gasteiger partial charge in [0.2, 0.25) is 0 Å². The molecule has 0 aromatic heterocycles. The van der Waals surface area contributed by atoms with E-state index in [4.69, 9.17) is 0 Å². The van der Waals surface area contributed by atoms with Crippen LogP contribution in [0.15, 0.2) is 23.6 Å². The lowest BCUT2D eigenvalue weighted by atomic mass is 10.4. The van der Waals surface area contributed by atoms with E-state index in [9.17, 15) is 0 Å². The second kappa shape index (κ2) is 2.92. The molecule has 0 saturated heterocycles. The summed E-state index contributed by atoms with van der Waals surface area (Å²) in [5.41, 5.74) is 0. The van der Waals surface area contributed by atoms with Gasteiger partial charge in [-0.25, -0.2) is 0 Å². The molecule has 0 amide bonds. The predicted octanol–water partition coefficient (Wildman–Crippen LogP) is 2.19. The van der Waals surface area contributed by atoms with Gasteiger partial charge in [0.05, 0.1) is 0 Å². The highest BCUT2D eigenvalue weighted by atomic mass is 32.2. The van der Waals surface area contributed by atoms with E-state index in [0.717, 1.165) is 12.2 Å². The molecule has 1 heterocycles. The summed E-state index contributed by atoms with van der Waals surface area (Å²) in [6.07, 6.45) is 7.68. The van der Waals surface area contributed by atoms with Gasteiger partial charge in [-0.15, -0.1) is 11.8 Å². The Balaban J connectivity index is 2.38. The monoisotopic (exact) mass is 112 g/mol. The maximum absolute atomic E-state index is 2.20. The van der Waals surface area contributed by atoms with Crippen molar-refractivity contribution in [2.45, 2.75) is 6.42 Å². The summed E-state index contributed by atoms with van der Waals surface area (Å²) in [6, 6.07) is 0. The molecule has 1 heteroatoms. The maximum Gasteiger partial charge on any atom is 0.0154 e. The Morgan fingerprint density at radius 1 is 1.14 bits per heavy atom. The van der Waals surface area contributed by atoms with Gasteiger partial charge in [-0.05, 0) is 11.8 Å². The van der Waals surface area contributed by atoms with Gasteiger partial charge in [-0.1, -0.05) is 18.2 Å². The third-order valence-electron chi connectivity index (χ3n) is 0.824. The molecule has 0 atom stereocenters. The van der Waals surface area contributed by atoms with E-state index in [1.54, 1.807) is 0 Å². The lowest BCUT2D eigenvalue weighted by Crippen LogP contribution is -1.58. The highest BCUT2D eigenvalue weighted by Crippen LogP contribution is 2.06. The van der Waals surface area contributed by atoms with E-state index >= 15 is 0 Å². The zero-order valence-electron chi connectivity index (χ0n) is 4.13. The Labute approximate surface area is 48.3 Å². The minimum absolute atomic E-state index is 1.12. The summed E-state index contributed by atoms with van der Waals surface area (Å²) in [5.74, 6) is 1.15. The SMILES string of the molecule is C1=CCSC=CC1. The lowest BCUT2D eigenvalue weighted by molar-refractivity contribution is 1.40. The van der Waals surface area contributed by atoms with Crippen LogP contribution in [0, 0.1) is 0 Å². The average Bonchev–Trinajstić information content (AvgIpc) is 1.90. The summed E-state index contributed by atoms with van der Waals surface area (Å²) < 4.78 is 0. The molecular formula is C6H8S. The molecule has 1 aliphatic rings. The van der Waals surface area contributed by atoms with Crippen molar-refractivity contribution < 1.29 is 0 Å². The van der Waals surface area contributed by atoms with Crippen molar-refractivity contribution in [2.75, 3.05) is 5.75 Å². The van der Waals surface area contributed by atoms with Gasteiger partial charge in [0.15, 0.2) is 0 Å². The molecule has 0 bridgehead atoms. The van der Waals surface area contributed by atoms with Gasteiger partial charge in [-0.3, -0.25) is 0 Å². The van der Waals surface area contributed by atoms with E-state index in [1.807, 2.05) is 11.8 Å². The topological polar surface area (TPSA) is 0 Å². The highest BCUT2D eigenvalue weighted by molar-refractivity contribution is 8.02. The number of rotatable bonds is 0. The number of hydrogen-bond donors (Lipinski definition) is 0. The van der Waals surface area contributed by atoms with E-state index in [-0.39, 0.29) is 0 Å². The molecule has 0 unspecified atom stereocenters. The molecule has 0 aromatic rings. The smallest absolute Gasteiger partial charge is 0.0154 e. The van der Waals surface area contributed by atoms with Crippen LogP contribution in [-0.4, -0.2) is 5.75 Å². The third kappa shape index (κ3) is 1.83. The second-order valence-electron chi connectivity index (χ2n) is 1.41. The molecule has 0 fully saturated rings. The van der Waals surface area contributed by atoms with Crippen molar-refractivity contribution in [1.29, 1.82) is 0 Å². The molecule has 0 radical (unpaired) electrons. The summed E-state index contributed by atoms with van der Waals surface area (Å²) in [6.45, 7) is 0. The fourth-order valence-electron chi connectivity index (χ4n) is 0.478. The summed E-state index contributed by atoms with van der Waals surface area (Å²) in [4.78, 5) is 0. The van der Waals surface area contributed by atoms with E-state index in [2.05, 4.69) is 23.6 Å². The first-order chi connectivity index (χ1) is 3.50. The lowest BCUT2D eigenvalue weighted by Gasteiger charge is -1.77. The Morgan fingerprint density at radius 2 is 2.14 bits per heavy atom. The molecule has 7 heavy (non-hydrogen) atoms. The van der Waals surface area contributed by atoms with Crippen molar-refractivity contribution in [1.82, 2.24) is 0 Å². The molecule has 0 spiro atoms. The van der Waals surface area contributed by atoms with Gasteiger partial charge in [0.25, 0.3) is 0 Å². The van der Waals surface area contributed by atoms with Crippen LogP contribution in [0.1, 0.15) is 6.42 Å². The Kier molecular flexibility index (Phi) is 2.07. The molecule has 0 nitrogen and oxygen atoms in total. The van der Waals surface area contributed by atoms with Gasteiger partial charge in [0.1, 0.15) is 0 Å². The van der Waals surface area contributed by atoms with Crippen molar-refractivity contribution in [3.05, 3.63) is 23.6 Å². The zero-order valence-corrected chi connectivity index (χ0v) is 4.95. The first-order valence-electron chi connectivity index (χ1n) is 2.42. The van der Waals surface area contributed by atoms with Crippen molar-refractivity contribution in [3.8, 4) is 0 Å². The van der Waals surface area contributed by atoms with Gasteiger partial charge < -0.3 is 0 Å². The van der Waals surface area contributed by atoms with Crippen molar-refractivity contribution in [3.63, 3.8) is 0 Å². The molecule has 0 saturated carbocycles. The predicted molar refractivity (Wildman–Crippen MR) is 35.4 cm³/mol. The van der Waals surface area contributed by atoms with Crippen LogP contribution in [0.3, 0.4) is 0 Å². The quantitative estimate of drug-likeness (QED) is 0.433. The number of hydrogen-bond acceptors (Lipinski definition) is 1. The fraction of sp³-hybridized carbons (Fsp3) is 0.333. The number of allylic oxidation sites excluding steroid dienone is 2. The second-order valence-corrected chi connectivity index (χ2v) is 2.35. The molecule has 38 valence electrons. The fourth-order valence-corrected chi connectivity index (χ4v) is 1.08. The summed E-state index contributed by atoms with van der Waals surface area (Å²) in [5, 5.41) is 2.15. The standard InChI is InChI=1S/C6H8S/c1-2-4-6-7-5-3-1/h1,3-4,6H,2,5H2. The normalized spacial score (nSPS) is 19.4. The Morgan fingerprint density at radius 3 is 3.14 bits per heavy atom. The van der Waals surface area contributed by atoms with E-state index < -0.39 is 0 Å². The molecule has 0 aromatic carbocycles. The van der Waals surface area contributed by atoms with Crippen LogP contribution >= 0.6 is 11.8 Å². The van der Waals surface area contributed by atoms with Crippen molar-refractivity contribution in [2.24, 2.45) is 0 Å². The minimum Gasteiger partial charge on any atom is -0.130 e. The molecule has 0 N–H and O–H groups in total. The van der Waals surface area contributed by atoms with Gasteiger partial charge >= 0.3 is 0 Å². The number of thioether (sulfide) groups is 1. The van der Waals surface area contributed by atoms with Gasteiger partial charge in [0, 0.05) is 5.75 Å². The zero-order chi connectivity index (χ0) is 4.95. The largest absolute Gasteiger partial charge is 0.130 e. The summed E-state index contributed by atoms with van der Waals surface area (Å²) >= 11 is 1.85. The third-order valence-corrected chi connectivity index (χ3v) is 1.59. The highest BCUT2D eigenvalue weighted by Gasteiger charge is 1.79. The van der Waals surface area contributed by atoms with Crippen LogP contribution in [0.4, 0.5) is 0 Å². The van der Waals surface area contributed by atoms with E-state index in [0.29, 0.717) is 0 Å². The summed E-state index contributed by atoms with van der Waals surface area (Å²) in [7, 11) is 0.